The third kappa shape index (κ3) is 26.6. The van der Waals surface area contributed by atoms with Crippen LogP contribution in [0.3, 0.4) is 0 Å². The van der Waals surface area contributed by atoms with Gasteiger partial charge in [0.15, 0.2) is 0 Å². The van der Waals surface area contributed by atoms with Gasteiger partial charge in [-0.2, -0.15) is 0 Å². The molecular weight excluding hydrogens is 282 g/mol. The Hall–Kier alpha value is 1.73. The molecular formula is H4GaInO2Zn. The average molecular weight is 286 g/mol. The number of rotatable bonds is 0. The third-order valence-corrected chi connectivity index (χ3v) is 0. The van der Waals surface area contributed by atoms with Crippen LogP contribution in [0.5, 0.6) is 0 Å². The molecule has 0 N–H and O–H groups in total. The zero-order valence-corrected chi connectivity index (χ0v) is 9.23. The molecule has 0 amide bonds. The van der Waals surface area contributed by atoms with E-state index in [1.807, 2.05) is 0 Å². The second-order valence-electron chi connectivity index (χ2n) is 0. The van der Waals surface area contributed by atoms with Crippen molar-refractivity contribution in [3.05, 3.63) is 0 Å². The summed E-state index contributed by atoms with van der Waals surface area (Å²) >= 11 is 0.0250. The van der Waals surface area contributed by atoms with Crippen molar-refractivity contribution in [1.29, 1.82) is 0 Å². The SMILES string of the molecule is [GaH3].[O]=[InH].[O]=[Zn]. The van der Waals surface area contributed by atoms with E-state index in [1.165, 1.54) is 0 Å². The molecule has 0 aliphatic rings. The normalized spacial score (nSPS) is 1.80. The first-order valence-corrected chi connectivity index (χ1v) is 3.44. The molecule has 0 aliphatic carbocycles. The van der Waals surface area contributed by atoms with Crippen LogP contribution in [0, 0.1) is 0 Å². The molecule has 2 nitrogen and oxygen atoms in total. The minimum absolute atomic E-state index is 0. The van der Waals surface area contributed by atoms with E-state index in [2.05, 4.69) is 0 Å². The zero-order chi connectivity index (χ0) is 4.00. The van der Waals surface area contributed by atoms with Gasteiger partial charge in [-0.05, 0) is 0 Å². The van der Waals surface area contributed by atoms with Crippen LogP contribution in [0.4, 0.5) is 0 Å². The Bertz CT molecular complexity index is 11.6. The van der Waals surface area contributed by atoms with Crippen molar-refractivity contribution in [2.45, 2.75) is 0 Å². The van der Waals surface area contributed by atoms with E-state index >= 15 is 0 Å². The molecule has 0 bridgehead atoms. The van der Waals surface area contributed by atoms with Gasteiger partial charge in [-0.15, -0.1) is 0 Å². The molecule has 0 aliphatic heterocycles. The van der Waals surface area contributed by atoms with Gasteiger partial charge in [0.25, 0.3) is 0 Å². The van der Waals surface area contributed by atoms with Crippen LogP contribution in [0.1, 0.15) is 0 Å². The van der Waals surface area contributed by atoms with Crippen molar-refractivity contribution < 1.29 is 24.7 Å². The molecule has 0 saturated carbocycles. The molecule has 0 aromatic heterocycles. The Morgan fingerprint density at radius 2 is 1.20 bits per heavy atom. The molecule has 0 atom stereocenters. The summed E-state index contributed by atoms with van der Waals surface area (Å²) in [7, 11) is 0. The van der Waals surface area contributed by atoms with Crippen LogP contribution in [0.15, 0.2) is 0 Å². The van der Waals surface area contributed by atoms with Gasteiger partial charge in [-0.3, -0.25) is 0 Å². The van der Waals surface area contributed by atoms with Gasteiger partial charge in [0.05, 0.1) is 0 Å². The van der Waals surface area contributed by atoms with Crippen LogP contribution < -0.4 is 0 Å². The first-order valence-electron chi connectivity index (χ1n) is 0.577. The predicted molar refractivity (Wildman–Crippen MR) is 18.5 cm³/mol. The second-order valence-corrected chi connectivity index (χ2v) is 0. The summed E-state index contributed by atoms with van der Waals surface area (Å²) in [6.45, 7) is 0. The van der Waals surface area contributed by atoms with Crippen molar-refractivity contribution in [1.82, 2.24) is 0 Å². The van der Waals surface area contributed by atoms with E-state index in [1.54, 1.807) is 0 Å². The quantitative estimate of drug-likeness (QED) is 0.479. The van der Waals surface area contributed by atoms with Crippen molar-refractivity contribution in [2.24, 2.45) is 0 Å². The summed E-state index contributed by atoms with van der Waals surface area (Å²) < 4.78 is 16.8. The average Bonchev–Trinajstić information content (AvgIpc) is 1.50. The number of hydrogen-bond donors (Lipinski definition) is 0. The van der Waals surface area contributed by atoms with Gasteiger partial charge < -0.3 is 0 Å². The van der Waals surface area contributed by atoms with E-state index in [-0.39, 0.29) is 62.4 Å². The first-order chi connectivity index (χ1) is 2.00. The van der Waals surface area contributed by atoms with Crippen molar-refractivity contribution in [3.8, 4) is 0 Å². The summed E-state index contributed by atoms with van der Waals surface area (Å²) in [6, 6.07) is 0. The fourth-order valence-electron chi connectivity index (χ4n) is 0. The van der Waals surface area contributed by atoms with Gasteiger partial charge in [0, 0.05) is 0 Å². The molecule has 0 rings (SSSR count). The maximum atomic E-state index is 8.42. The minimum atomic E-state index is -0.1000. The van der Waals surface area contributed by atoms with Gasteiger partial charge in [0.2, 0.25) is 0 Å². The van der Waals surface area contributed by atoms with E-state index < -0.39 is 0 Å². The van der Waals surface area contributed by atoms with Crippen LogP contribution in [-0.4, -0.2) is 44.2 Å². The molecule has 0 heterocycles. The molecule has 0 unspecified atom stereocenters. The predicted octanol–water partition coefficient (Wildman–Crippen LogP) is -2.07. The van der Waals surface area contributed by atoms with E-state index in [9.17, 15) is 0 Å². The summed E-state index contributed by atoms with van der Waals surface area (Å²) in [5, 5.41) is 0. The summed E-state index contributed by atoms with van der Waals surface area (Å²) in [5.74, 6) is 0. The van der Waals surface area contributed by atoms with E-state index in [0.717, 1.165) is 0 Å². The zero-order valence-electron chi connectivity index (χ0n) is 2.23. The summed E-state index contributed by atoms with van der Waals surface area (Å²) in [4.78, 5) is 0. The van der Waals surface area contributed by atoms with Crippen LogP contribution in [-0.2, 0) is 24.7 Å². The van der Waals surface area contributed by atoms with E-state index in [0.29, 0.717) is 0 Å². The van der Waals surface area contributed by atoms with Gasteiger partial charge in [0.1, 0.15) is 0 Å². The Kier molecular flexibility index (Phi) is 136. The van der Waals surface area contributed by atoms with E-state index in [4.69, 9.17) is 6.43 Å². The van der Waals surface area contributed by atoms with Crippen molar-refractivity contribution >= 4 is 44.2 Å². The Labute approximate surface area is 68.1 Å². The first kappa shape index (κ1) is 15.9. The van der Waals surface area contributed by atoms with Crippen LogP contribution in [0.2, 0.25) is 0 Å². The topological polar surface area (TPSA) is 34.1 Å². The van der Waals surface area contributed by atoms with Gasteiger partial charge in [-0.1, -0.05) is 0 Å². The fourth-order valence-corrected chi connectivity index (χ4v) is 0. The molecule has 5 heavy (non-hydrogen) atoms. The number of hydrogen-bond acceptors (Lipinski definition) is 2. The Balaban J connectivity index is -0.0000000133. The Morgan fingerprint density at radius 1 is 1.20 bits per heavy atom. The van der Waals surface area contributed by atoms with Crippen molar-refractivity contribution in [2.75, 3.05) is 0 Å². The monoisotopic (exact) mass is 284 g/mol. The van der Waals surface area contributed by atoms with Crippen LogP contribution in [0.25, 0.3) is 0 Å². The molecule has 0 fully saturated rings. The van der Waals surface area contributed by atoms with Crippen molar-refractivity contribution in [3.63, 3.8) is 0 Å². The van der Waals surface area contributed by atoms with Gasteiger partial charge in [-0.25, -0.2) is 0 Å². The second kappa shape index (κ2) is 42.8. The maximum absolute atomic E-state index is 8.42. The molecule has 0 saturated heterocycles. The summed E-state index contributed by atoms with van der Waals surface area (Å²) in [5.41, 5.74) is 0. The van der Waals surface area contributed by atoms with Gasteiger partial charge >= 0.3 is 68.8 Å². The molecule has 24 valence electrons. The molecule has 0 aromatic rings. The summed E-state index contributed by atoms with van der Waals surface area (Å²) in [6.07, 6.45) is 0. The molecule has 0 aromatic carbocycles. The third-order valence-electron chi connectivity index (χ3n) is 0. The fraction of sp³-hybridized carbons (Fsp3) is 0. The molecule has 5 heteroatoms. The molecule has 0 radical (unpaired) electrons. The molecule has 0 spiro atoms. The standard InChI is InChI=1S/Ga.In.2O.Zn.4H. The Morgan fingerprint density at radius 3 is 1.20 bits per heavy atom. The van der Waals surface area contributed by atoms with Crippen LogP contribution >= 0.6 is 0 Å².